The van der Waals surface area contributed by atoms with Crippen LogP contribution in [-0.2, 0) is 0 Å². The highest BCUT2D eigenvalue weighted by molar-refractivity contribution is 4.87. The summed E-state index contributed by atoms with van der Waals surface area (Å²) in [5.41, 5.74) is 0. The Balaban J connectivity index is 1.85. The molecule has 0 aliphatic heterocycles. The van der Waals surface area contributed by atoms with Crippen LogP contribution in [0.15, 0.2) is 0 Å². The van der Waals surface area contributed by atoms with Crippen LogP contribution in [0.3, 0.4) is 0 Å². The summed E-state index contributed by atoms with van der Waals surface area (Å²) in [5, 5.41) is 3.43. The first kappa shape index (κ1) is 13.4. The summed E-state index contributed by atoms with van der Waals surface area (Å²) in [6.07, 6.45) is 11.3. The summed E-state index contributed by atoms with van der Waals surface area (Å²) in [6, 6.07) is 2.49. The van der Waals surface area contributed by atoms with E-state index in [-0.39, 0.29) is 0 Å². The minimum atomic E-state index is 0.781. The highest BCUT2D eigenvalue weighted by Crippen LogP contribution is 2.32. The Kier molecular flexibility index (Phi) is 4.87. The summed E-state index contributed by atoms with van der Waals surface area (Å²) >= 11 is 0. The van der Waals surface area contributed by atoms with Crippen LogP contribution in [0, 0.1) is 5.92 Å². The molecule has 0 saturated heterocycles. The van der Waals surface area contributed by atoms with Crippen molar-refractivity contribution in [2.45, 2.75) is 76.4 Å². The average Bonchev–Trinajstić information content (AvgIpc) is 2.39. The predicted molar refractivity (Wildman–Crippen MR) is 74.3 cm³/mol. The maximum Gasteiger partial charge on any atom is 0.0121 e. The third-order valence-electron chi connectivity index (χ3n) is 5.27. The van der Waals surface area contributed by atoms with Gasteiger partial charge in [0.1, 0.15) is 0 Å². The molecule has 0 aromatic carbocycles. The quantitative estimate of drug-likeness (QED) is 0.813. The van der Waals surface area contributed by atoms with E-state index in [4.69, 9.17) is 0 Å². The molecule has 1 N–H and O–H groups in total. The van der Waals surface area contributed by atoms with E-state index in [1.54, 1.807) is 0 Å². The summed E-state index contributed by atoms with van der Waals surface area (Å²) in [5.74, 6) is 0.913. The topological polar surface area (TPSA) is 15.3 Å². The van der Waals surface area contributed by atoms with Gasteiger partial charge in [-0.3, -0.25) is 0 Å². The van der Waals surface area contributed by atoms with Crippen molar-refractivity contribution in [1.82, 2.24) is 10.2 Å². The summed E-state index contributed by atoms with van der Waals surface area (Å²) < 4.78 is 0. The van der Waals surface area contributed by atoms with Gasteiger partial charge >= 0.3 is 0 Å². The second-order valence-electron chi connectivity index (χ2n) is 6.29. The Hall–Kier alpha value is -0.0800. The number of hydrogen-bond acceptors (Lipinski definition) is 2. The molecule has 2 aliphatic carbocycles. The van der Waals surface area contributed by atoms with E-state index in [1.807, 2.05) is 0 Å². The molecule has 100 valence electrons. The van der Waals surface area contributed by atoms with Crippen molar-refractivity contribution in [3.63, 3.8) is 0 Å². The lowest BCUT2D eigenvalue weighted by Gasteiger charge is -2.43. The number of rotatable bonds is 3. The van der Waals surface area contributed by atoms with E-state index >= 15 is 0 Å². The Morgan fingerprint density at radius 3 is 2.18 bits per heavy atom. The van der Waals surface area contributed by atoms with Gasteiger partial charge in [-0.15, -0.1) is 0 Å². The standard InChI is InChI=1S/C15H30N2/c1-12-6-4-5-7-15(12)17(3)14-10-8-13(16-2)9-11-14/h12-16H,4-11H2,1-3H3. The van der Waals surface area contributed by atoms with E-state index in [1.165, 1.54) is 51.4 Å². The minimum absolute atomic E-state index is 0.781. The highest BCUT2D eigenvalue weighted by atomic mass is 15.2. The van der Waals surface area contributed by atoms with Crippen LogP contribution in [-0.4, -0.2) is 37.1 Å². The first-order valence-electron chi connectivity index (χ1n) is 7.61. The Morgan fingerprint density at radius 1 is 0.941 bits per heavy atom. The lowest BCUT2D eigenvalue weighted by molar-refractivity contribution is 0.0726. The summed E-state index contributed by atoms with van der Waals surface area (Å²) in [4.78, 5) is 2.73. The smallest absolute Gasteiger partial charge is 0.0121 e. The van der Waals surface area contributed by atoms with Crippen LogP contribution < -0.4 is 5.32 Å². The maximum absolute atomic E-state index is 3.43. The van der Waals surface area contributed by atoms with Gasteiger partial charge in [0.15, 0.2) is 0 Å². The molecule has 2 fully saturated rings. The van der Waals surface area contributed by atoms with Gasteiger partial charge in [-0.2, -0.15) is 0 Å². The molecule has 2 saturated carbocycles. The van der Waals surface area contributed by atoms with Crippen LogP contribution in [0.1, 0.15) is 58.3 Å². The van der Waals surface area contributed by atoms with Crippen LogP contribution in [0.2, 0.25) is 0 Å². The molecule has 0 aromatic heterocycles. The third kappa shape index (κ3) is 3.23. The maximum atomic E-state index is 3.43. The Bertz CT molecular complexity index is 221. The molecule has 2 nitrogen and oxygen atoms in total. The van der Waals surface area contributed by atoms with Gasteiger partial charge in [-0.1, -0.05) is 19.8 Å². The summed E-state index contributed by atoms with van der Waals surface area (Å²) in [6.45, 7) is 2.46. The second-order valence-corrected chi connectivity index (χ2v) is 6.29. The fraction of sp³-hybridized carbons (Fsp3) is 1.00. The van der Waals surface area contributed by atoms with Crippen molar-refractivity contribution < 1.29 is 0 Å². The van der Waals surface area contributed by atoms with Crippen molar-refractivity contribution in [3.8, 4) is 0 Å². The van der Waals surface area contributed by atoms with Crippen molar-refractivity contribution in [2.75, 3.05) is 14.1 Å². The molecular formula is C15H30N2. The van der Waals surface area contributed by atoms with E-state index in [2.05, 4.69) is 31.2 Å². The normalized spacial score (nSPS) is 39.5. The number of nitrogens with zero attached hydrogens (tertiary/aromatic N) is 1. The van der Waals surface area contributed by atoms with Gasteiger partial charge in [-0.05, 0) is 58.5 Å². The number of hydrogen-bond donors (Lipinski definition) is 1. The van der Waals surface area contributed by atoms with Crippen molar-refractivity contribution >= 4 is 0 Å². The molecule has 0 heterocycles. The SMILES string of the molecule is CNC1CCC(N(C)C2CCCCC2C)CC1. The molecular weight excluding hydrogens is 208 g/mol. The average molecular weight is 238 g/mol. The molecule has 2 aliphatic rings. The van der Waals surface area contributed by atoms with Crippen molar-refractivity contribution in [1.29, 1.82) is 0 Å². The lowest BCUT2D eigenvalue weighted by Crippen LogP contribution is -2.47. The first-order valence-corrected chi connectivity index (χ1v) is 7.61. The van der Waals surface area contributed by atoms with Gasteiger partial charge in [-0.25, -0.2) is 0 Å². The number of nitrogens with one attached hydrogen (secondary N) is 1. The molecule has 0 amide bonds. The molecule has 2 unspecified atom stereocenters. The van der Waals surface area contributed by atoms with Crippen molar-refractivity contribution in [3.05, 3.63) is 0 Å². The largest absolute Gasteiger partial charge is 0.317 e. The van der Waals surface area contributed by atoms with Gasteiger partial charge in [0, 0.05) is 18.1 Å². The van der Waals surface area contributed by atoms with Gasteiger partial charge in [0.2, 0.25) is 0 Å². The van der Waals surface area contributed by atoms with Gasteiger partial charge in [0.25, 0.3) is 0 Å². The lowest BCUT2D eigenvalue weighted by atomic mass is 9.82. The van der Waals surface area contributed by atoms with E-state index in [0.29, 0.717) is 0 Å². The first-order chi connectivity index (χ1) is 8.22. The van der Waals surface area contributed by atoms with Crippen LogP contribution in [0.5, 0.6) is 0 Å². The molecule has 2 atom stereocenters. The van der Waals surface area contributed by atoms with Crippen LogP contribution in [0.4, 0.5) is 0 Å². The molecule has 0 spiro atoms. The van der Waals surface area contributed by atoms with E-state index in [9.17, 15) is 0 Å². The van der Waals surface area contributed by atoms with Crippen LogP contribution in [0.25, 0.3) is 0 Å². The molecule has 0 bridgehead atoms. The van der Waals surface area contributed by atoms with Gasteiger partial charge in [0.05, 0.1) is 0 Å². The van der Waals surface area contributed by atoms with Crippen molar-refractivity contribution in [2.24, 2.45) is 5.92 Å². The minimum Gasteiger partial charge on any atom is -0.317 e. The summed E-state index contributed by atoms with van der Waals surface area (Å²) in [7, 11) is 4.49. The molecule has 2 rings (SSSR count). The van der Waals surface area contributed by atoms with Gasteiger partial charge < -0.3 is 10.2 Å². The molecule has 17 heavy (non-hydrogen) atoms. The Morgan fingerprint density at radius 2 is 1.59 bits per heavy atom. The monoisotopic (exact) mass is 238 g/mol. The zero-order chi connectivity index (χ0) is 12.3. The molecule has 0 aromatic rings. The van der Waals surface area contributed by atoms with E-state index < -0.39 is 0 Å². The second kappa shape index (κ2) is 6.19. The Labute approximate surface area is 107 Å². The molecule has 0 radical (unpaired) electrons. The zero-order valence-electron chi connectivity index (χ0n) is 11.9. The zero-order valence-corrected chi connectivity index (χ0v) is 11.9. The fourth-order valence-corrected chi connectivity index (χ4v) is 3.94. The molecule has 2 heteroatoms. The third-order valence-corrected chi connectivity index (χ3v) is 5.27. The predicted octanol–water partition coefficient (Wildman–Crippen LogP) is 3.03. The van der Waals surface area contributed by atoms with Crippen LogP contribution >= 0.6 is 0 Å². The fourth-order valence-electron chi connectivity index (χ4n) is 3.94. The highest BCUT2D eigenvalue weighted by Gasteiger charge is 2.31. The van der Waals surface area contributed by atoms with E-state index in [0.717, 1.165) is 24.0 Å².